The predicted molar refractivity (Wildman–Crippen MR) is 87.5 cm³/mol. The van der Waals surface area contributed by atoms with Crippen LogP contribution in [0, 0.1) is 17.5 Å². The van der Waals surface area contributed by atoms with Crippen LogP contribution < -0.4 is 5.56 Å². The number of aromatic amines is 1. The second-order valence-electron chi connectivity index (χ2n) is 5.80. The first-order valence-electron chi connectivity index (χ1n) is 7.78. The van der Waals surface area contributed by atoms with Gasteiger partial charge in [0.25, 0.3) is 5.56 Å². The molecule has 2 aliphatic rings. The second kappa shape index (κ2) is 7.18. The molecule has 2 aliphatic heterocycles. The average Bonchev–Trinajstić information content (AvgIpc) is 3.04. The average molecular weight is 395 g/mol. The van der Waals surface area contributed by atoms with Crippen LogP contribution in [0.5, 0.6) is 0 Å². The van der Waals surface area contributed by atoms with Crippen molar-refractivity contribution in [1.82, 2.24) is 14.8 Å². The minimum atomic E-state index is -1.77. The van der Waals surface area contributed by atoms with Crippen LogP contribution in [0.3, 0.4) is 0 Å². The van der Waals surface area contributed by atoms with E-state index >= 15 is 0 Å². The van der Waals surface area contributed by atoms with Crippen LogP contribution >= 0.6 is 0 Å². The van der Waals surface area contributed by atoms with E-state index in [2.05, 4.69) is 14.9 Å². The molecular formula is C17H12F3N3O5. The SMILES string of the molecule is COC(=O)c1cn(C(CC(=O)O)c2ccc(F)c(F)c2F)cc2c(=O)[nH]nc1-2. The lowest BCUT2D eigenvalue weighted by molar-refractivity contribution is -0.137. The number of hydrogen-bond donors (Lipinski definition) is 2. The molecule has 2 heterocycles. The monoisotopic (exact) mass is 395 g/mol. The highest BCUT2D eigenvalue weighted by molar-refractivity contribution is 5.96. The first-order chi connectivity index (χ1) is 13.2. The Morgan fingerprint density at radius 2 is 1.96 bits per heavy atom. The molecule has 11 heteroatoms. The molecule has 28 heavy (non-hydrogen) atoms. The number of hydrogen-bond acceptors (Lipinski definition) is 5. The van der Waals surface area contributed by atoms with Crippen molar-refractivity contribution in [3.05, 3.63) is 63.5 Å². The molecule has 0 saturated carbocycles. The smallest absolute Gasteiger partial charge is 0.341 e. The van der Waals surface area contributed by atoms with Crippen molar-refractivity contribution in [2.75, 3.05) is 7.11 Å². The molecule has 2 N–H and O–H groups in total. The van der Waals surface area contributed by atoms with Gasteiger partial charge in [0.05, 0.1) is 25.1 Å². The van der Waals surface area contributed by atoms with Crippen LogP contribution in [-0.2, 0) is 9.53 Å². The Morgan fingerprint density at radius 1 is 1.25 bits per heavy atom. The van der Waals surface area contributed by atoms with Crippen molar-refractivity contribution < 1.29 is 32.6 Å². The van der Waals surface area contributed by atoms with Crippen LogP contribution in [0.2, 0.25) is 0 Å². The third kappa shape index (κ3) is 3.21. The Morgan fingerprint density at radius 3 is 2.61 bits per heavy atom. The van der Waals surface area contributed by atoms with E-state index in [0.29, 0.717) is 6.07 Å². The third-order valence-corrected chi connectivity index (χ3v) is 4.14. The summed E-state index contributed by atoms with van der Waals surface area (Å²) in [6.45, 7) is 0. The molecule has 146 valence electrons. The van der Waals surface area contributed by atoms with Gasteiger partial charge in [-0.3, -0.25) is 9.59 Å². The summed E-state index contributed by atoms with van der Waals surface area (Å²) in [7, 11) is 1.08. The third-order valence-electron chi connectivity index (χ3n) is 4.14. The number of carbonyl (C=O) groups excluding carboxylic acids is 1. The lowest BCUT2D eigenvalue weighted by Crippen LogP contribution is -2.20. The van der Waals surface area contributed by atoms with E-state index in [-0.39, 0.29) is 16.8 Å². The minimum Gasteiger partial charge on any atom is -0.481 e. The Hall–Kier alpha value is -3.63. The van der Waals surface area contributed by atoms with E-state index in [1.165, 1.54) is 0 Å². The standard InChI is InChI=1S/C17H12F3N3O5/c1-28-17(27)9-6-23(5-8-15(9)21-22-16(8)26)11(4-12(24)25)7-2-3-10(18)14(20)13(7)19/h2-3,5-6,11H,4H2,1H3,(H,22,26)(H,24,25). The van der Waals surface area contributed by atoms with Crippen molar-refractivity contribution in [2.45, 2.75) is 12.5 Å². The number of pyridine rings is 1. The van der Waals surface area contributed by atoms with Crippen LogP contribution in [0.25, 0.3) is 11.3 Å². The first-order valence-corrected chi connectivity index (χ1v) is 7.78. The molecule has 0 aliphatic carbocycles. The van der Waals surface area contributed by atoms with E-state index in [1.54, 1.807) is 0 Å². The summed E-state index contributed by atoms with van der Waals surface area (Å²) >= 11 is 0. The fraction of sp³-hybridized carbons (Fsp3) is 0.176. The summed E-state index contributed by atoms with van der Waals surface area (Å²) in [5.41, 5.74) is -1.49. The Balaban J connectivity index is 2.28. The highest BCUT2D eigenvalue weighted by Crippen LogP contribution is 2.30. The zero-order chi connectivity index (χ0) is 20.6. The number of nitrogens with zero attached hydrogens (tertiary/aromatic N) is 2. The quantitative estimate of drug-likeness (QED) is 0.504. The molecule has 0 radical (unpaired) electrons. The molecule has 8 nitrogen and oxygen atoms in total. The minimum absolute atomic E-state index is 0.0343. The lowest BCUT2D eigenvalue weighted by atomic mass is 10.0. The number of carbonyl (C=O) groups is 2. The molecule has 1 unspecified atom stereocenters. The number of benzene rings is 1. The molecule has 3 rings (SSSR count). The fourth-order valence-corrected chi connectivity index (χ4v) is 2.84. The summed E-state index contributed by atoms with van der Waals surface area (Å²) in [6, 6.07) is 0.151. The summed E-state index contributed by atoms with van der Waals surface area (Å²) in [5.74, 6) is -7.05. The molecule has 0 amide bonds. The summed E-state index contributed by atoms with van der Waals surface area (Å²) in [5, 5.41) is 15.1. The van der Waals surface area contributed by atoms with Crippen LogP contribution in [0.15, 0.2) is 29.3 Å². The number of ether oxygens (including phenoxy) is 1. The van der Waals surface area contributed by atoms with Crippen LogP contribution in [0.4, 0.5) is 13.2 Å². The Bertz CT molecular complexity index is 1110. The first kappa shape index (κ1) is 19.1. The molecule has 1 aromatic rings. The van der Waals surface area contributed by atoms with Gasteiger partial charge in [-0.1, -0.05) is 6.07 Å². The van der Waals surface area contributed by atoms with E-state index in [1.807, 2.05) is 0 Å². The maximum absolute atomic E-state index is 14.3. The molecule has 0 spiro atoms. The number of nitrogens with one attached hydrogen (secondary N) is 1. The molecule has 1 aromatic carbocycles. The van der Waals surface area contributed by atoms with E-state index in [9.17, 15) is 32.7 Å². The van der Waals surface area contributed by atoms with Gasteiger partial charge in [0.1, 0.15) is 11.3 Å². The van der Waals surface area contributed by atoms with Gasteiger partial charge in [0, 0.05) is 18.0 Å². The largest absolute Gasteiger partial charge is 0.481 e. The number of carboxylic acids is 1. The van der Waals surface area contributed by atoms with Gasteiger partial charge in [-0.05, 0) is 6.07 Å². The lowest BCUT2D eigenvalue weighted by Gasteiger charge is -2.22. The van der Waals surface area contributed by atoms with E-state index in [4.69, 9.17) is 0 Å². The number of H-pyrrole nitrogens is 1. The van der Waals surface area contributed by atoms with Crippen LogP contribution in [0.1, 0.15) is 28.4 Å². The van der Waals surface area contributed by atoms with Crippen LogP contribution in [-0.4, -0.2) is 38.9 Å². The van der Waals surface area contributed by atoms with E-state index in [0.717, 1.165) is 30.1 Å². The van der Waals surface area contributed by atoms with Crippen molar-refractivity contribution in [1.29, 1.82) is 0 Å². The fourth-order valence-electron chi connectivity index (χ4n) is 2.84. The Labute approximate surface area is 154 Å². The Kier molecular flexibility index (Phi) is 4.91. The van der Waals surface area contributed by atoms with Gasteiger partial charge < -0.3 is 14.4 Å². The molecule has 1 atom stereocenters. The van der Waals surface area contributed by atoms with Crippen molar-refractivity contribution in [3.8, 4) is 11.3 Å². The van der Waals surface area contributed by atoms with E-state index < -0.39 is 53.0 Å². The predicted octanol–water partition coefficient (Wildman–Crippen LogP) is 1.94. The summed E-state index contributed by atoms with van der Waals surface area (Å²) in [4.78, 5) is 35.3. The van der Waals surface area contributed by atoms with Gasteiger partial charge in [-0.2, -0.15) is 5.10 Å². The molecule has 0 aromatic heterocycles. The van der Waals surface area contributed by atoms with Crippen molar-refractivity contribution in [3.63, 3.8) is 0 Å². The molecular weight excluding hydrogens is 383 g/mol. The normalized spacial score (nSPS) is 12.1. The number of aromatic nitrogens is 3. The topological polar surface area (TPSA) is 114 Å². The summed E-state index contributed by atoms with van der Waals surface area (Å²) < 4.78 is 46.9. The van der Waals surface area contributed by atoms with Gasteiger partial charge >= 0.3 is 11.9 Å². The highest BCUT2D eigenvalue weighted by atomic mass is 19.2. The summed E-state index contributed by atoms with van der Waals surface area (Å²) in [6.07, 6.45) is 1.50. The number of aliphatic carboxylic acids is 1. The van der Waals surface area contributed by atoms with Gasteiger partial charge in [0.15, 0.2) is 17.5 Å². The van der Waals surface area contributed by atoms with Crippen molar-refractivity contribution in [2.24, 2.45) is 0 Å². The molecule has 0 fully saturated rings. The highest BCUT2D eigenvalue weighted by Gasteiger charge is 2.28. The van der Waals surface area contributed by atoms with Gasteiger partial charge in [-0.15, -0.1) is 0 Å². The maximum Gasteiger partial charge on any atom is 0.341 e. The number of methoxy groups -OCH3 is 1. The zero-order valence-electron chi connectivity index (χ0n) is 14.2. The second-order valence-corrected chi connectivity index (χ2v) is 5.80. The number of carboxylic acid groups (broad SMARTS) is 1. The maximum atomic E-state index is 14.3. The van der Waals surface area contributed by atoms with Gasteiger partial charge in [-0.25, -0.2) is 23.1 Å². The van der Waals surface area contributed by atoms with Crippen molar-refractivity contribution >= 4 is 11.9 Å². The number of esters is 1. The zero-order valence-corrected chi connectivity index (χ0v) is 14.2. The number of rotatable bonds is 5. The molecule has 0 bridgehead atoms. The van der Waals surface area contributed by atoms with Gasteiger partial charge in [0.2, 0.25) is 0 Å². The number of halogens is 3. The number of fused-ring (bicyclic) bond motifs is 1. The molecule has 0 saturated heterocycles.